The standard InChI is InChI=1S/C13H19F2NO/c1-10(9-16-6-7-17-2)8-11-4-3-5-12(14)13(11)15/h3-5,10,16H,6-9H2,1-2H3. The van der Waals surface area contributed by atoms with Gasteiger partial charge < -0.3 is 10.1 Å². The molecular weight excluding hydrogens is 224 g/mol. The molecule has 0 aliphatic heterocycles. The zero-order chi connectivity index (χ0) is 12.7. The summed E-state index contributed by atoms with van der Waals surface area (Å²) < 4.78 is 31.3. The average Bonchev–Trinajstić information content (AvgIpc) is 2.31. The van der Waals surface area contributed by atoms with Crippen LogP contribution in [-0.4, -0.2) is 26.8 Å². The lowest BCUT2D eigenvalue weighted by molar-refractivity contribution is 0.198. The van der Waals surface area contributed by atoms with Gasteiger partial charge in [0.25, 0.3) is 0 Å². The maximum absolute atomic E-state index is 13.4. The molecule has 96 valence electrons. The number of ether oxygens (including phenoxy) is 1. The predicted molar refractivity (Wildman–Crippen MR) is 64.0 cm³/mol. The molecule has 1 unspecified atom stereocenters. The van der Waals surface area contributed by atoms with Gasteiger partial charge in [-0.15, -0.1) is 0 Å². The van der Waals surface area contributed by atoms with E-state index in [1.54, 1.807) is 19.2 Å². The highest BCUT2D eigenvalue weighted by Crippen LogP contribution is 2.15. The van der Waals surface area contributed by atoms with Gasteiger partial charge in [0.1, 0.15) is 0 Å². The summed E-state index contributed by atoms with van der Waals surface area (Å²) in [5, 5.41) is 3.20. The van der Waals surface area contributed by atoms with Crippen molar-refractivity contribution in [1.29, 1.82) is 0 Å². The molecule has 0 saturated heterocycles. The van der Waals surface area contributed by atoms with Crippen LogP contribution < -0.4 is 5.32 Å². The third-order valence-electron chi connectivity index (χ3n) is 2.58. The van der Waals surface area contributed by atoms with E-state index in [-0.39, 0.29) is 5.92 Å². The number of hydrogen-bond acceptors (Lipinski definition) is 2. The zero-order valence-electron chi connectivity index (χ0n) is 10.3. The van der Waals surface area contributed by atoms with Gasteiger partial charge in [-0.3, -0.25) is 0 Å². The van der Waals surface area contributed by atoms with E-state index >= 15 is 0 Å². The van der Waals surface area contributed by atoms with Crippen molar-refractivity contribution >= 4 is 0 Å². The topological polar surface area (TPSA) is 21.3 Å². The van der Waals surface area contributed by atoms with E-state index in [9.17, 15) is 8.78 Å². The summed E-state index contributed by atoms with van der Waals surface area (Å²) in [6.07, 6.45) is 0.531. The van der Waals surface area contributed by atoms with Gasteiger partial charge in [-0.25, -0.2) is 8.78 Å². The monoisotopic (exact) mass is 243 g/mol. The van der Waals surface area contributed by atoms with Gasteiger partial charge in [0.05, 0.1) is 6.61 Å². The predicted octanol–water partition coefficient (Wildman–Crippen LogP) is 2.38. The number of halogens is 2. The van der Waals surface area contributed by atoms with E-state index in [4.69, 9.17) is 4.74 Å². The van der Waals surface area contributed by atoms with Crippen LogP contribution in [0.25, 0.3) is 0 Å². The van der Waals surface area contributed by atoms with Crippen molar-refractivity contribution in [3.8, 4) is 0 Å². The van der Waals surface area contributed by atoms with Crippen LogP contribution in [0.3, 0.4) is 0 Å². The molecule has 0 aliphatic carbocycles. The molecule has 0 saturated carbocycles. The second-order valence-electron chi connectivity index (χ2n) is 4.22. The van der Waals surface area contributed by atoms with Crippen LogP contribution in [-0.2, 0) is 11.2 Å². The molecule has 0 aromatic heterocycles. The fraction of sp³-hybridized carbons (Fsp3) is 0.538. The van der Waals surface area contributed by atoms with E-state index < -0.39 is 11.6 Å². The van der Waals surface area contributed by atoms with Crippen molar-refractivity contribution in [3.05, 3.63) is 35.4 Å². The Morgan fingerprint density at radius 1 is 1.35 bits per heavy atom. The molecule has 17 heavy (non-hydrogen) atoms. The molecule has 0 aliphatic rings. The fourth-order valence-corrected chi connectivity index (χ4v) is 1.68. The first-order valence-electron chi connectivity index (χ1n) is 5.77. The molecule has 1 N–H and O–H groups in total. The summed E-state index contributed by atoms with van der Waals surface area (Å²) in [7, 11) is 1.65. The normalized spacial score (nSPS) is 12.7. The Balaban J connectivity index is 2.39. The molecule has 0 spiro atoms. The van der Waals surface area contributed by atoms with Crippen LogP contribution in [0.5, 0.6) is 0 Å². The average molecular weight is 243 g/mol. The van der Waals surface area contributed by atoms with Crippen molar-refractivity contribution in [2.24, 2.45) is 5.92 Å². The number of nitrogens with one attached hydrogen (secondary N) is 1. The summed E-state index contributed by atoms with van der Waals surface area (Å²) >= 11 is 0. The highest BCUT2D eigenvalue weighted by molar-refractivity contribution is 5.19. The maximum atomic E-state index is 13.4. The Labute approximate surface area is 101 Å². The van der Waals surface area contributed by atoms with Gasteiger partial charge in [0, 0.05) is 13.7 Å². The third kappa shape index (κ3) is 4.79. The van der Waals surface area contributed by atoms with E-state index in [1.807, 2.05) is 6.92 Å². The van der Waals surface area contributed by atoms with Gasteiger partial charge in [-0.2, -0.15) is 0 Å². The molecule has 2 nitrogen and oxygen atoms in total. The fourth-order valence-electron chi connectivity index (χ4n) is 1.68. The lowest BCUT2D eigenvalue weighted by Gasteiger charge is -2.13. The number of hydrogen-bond donors (Lipinski definition) is 1. The quantitative estimate of drug-likeness (QED) is 0.742. The molecule has 0 radical (unpaired) electrons. The van der Waals surface area contributed by atoms with E-state index in [0.717, 1.165) is 19.2 Å². The lowest BCUT2D eigenvalue weighted by atomic mass is 10.0. The van der Waals surface area contributed by atoms with Gasteiger partial charge in [0.2, 0.25) is 0 Å². The number of benzene rings is 1. The number of methoxy groups -OCH3 is 1. The zero-order valence-corrected chi connectivity index (χ0v) is 10.3. The third-order valence-corrected chi connectivity index (χ3v) is 2.58. The van der Waals surface area contributed by atoms with E-state index in [1.165, 1.54) is 0 Å². The molecule has 1 atom stereocenters. The van der Waals surface area contributed by atoms with Crippen molar-refractivity contribution in [3.63, 3.8) is 0 Å². The molecule has 0 bridgehead atoms. The molecule has 1 rings (SSSR count). The molecule has 4 heteroatoms. The summed E-state index contributed by atoms with van der Waals surface area (Å²) in [6, 6.07) is 4.31. The van der Waals surface area contributed by atoms with Crippen LogP contribution in [0.2, 0.25) is 0 Å². The second-order valence-corrected chi connectivity index (χ2v) is 4.22. The van der Waals surface area contributed by atoms with Crippen LogP contribution in [0.4, 0.5) is 8.78 Å². The molecule has 0 heterocycles. The first kappa shape index (κ1) is 14.1. The minimum absolute atomic E-state index is 0.253. The summed E-state index contributed by atoms with van der Waals surface area (Å²) in [6.45, 7) is 4.19. The van der Waals surface area contributed by atoms with Gasteiger partial charge in [0.15, 0.2) is 11.6 Å². The largest absolute Gasteiger partial charge is 0.383 e. The first-order chi connectivity index (χ1) is 8.15. The highest BCUT2D eigenvalue weighted by atomic mass is 19.2. The molecule has 1 aromatic carbocycles. The van der Waals surface area contributed by atoms with Crippen LogP contribution >= 0.6 is 0 Å². The minimum atomic E-state index is -0.776. The van der Waals surface area contributed by atoms with E-state index in [0.29, 0.717) is 18.6 Å². The van der Waals surface area contributed by atoms with Crippen molar-refractivity contribution < 1.29 is 13.5 Å². The summed E-state index contributed by atoms with van der Waals surface area (Å²) in [5.41, 5.74) is 0.436. The van der Waals surface area contributed by atoms with Crippen molar-refractivity contribution in [2.75, 3.05) is 26.8 Å². The Hall–Kier alpha value is -1.00. The molecule has 0 fully saturated rings. The van der Waals surface area contributed by atoms with Gasteiger partial charge >= 0.3 is 0 Å². The Bertz CT molecular complexity index is 344. The molecule has 1 aromatic rings. The minimum Gasteiger partial charge on any atom is -0.383 e. The Kier molecular flexibility index (Phi) is 6.08. The first-order valence-corrected chi connectivity index (χ1v) is 5.77. The van der Waals surface area contributed by atoms with Crippen molar-refractivity contribution in [1.82, 2.24) is 5.32 Å². The van der Waals surface area contributed by atoms with Gasteiger partial charge in [-0.05, 0) is 30.5 Å². The Morgan fingerprint density at radius 3 is 2.82 bits per heavy atom. The lowest BCUT2D eigenvalue weighted by Crippen LogP contribution is -2.26. The highest BCUT2D eigenvalue weighted by Gasteiger charge is 2.10. The van der Waals surface area contributed by atoms with E-state index in [2.05, 4.69) is 5.32 Å². The summed E-state index contributed by atoms with van der Waals surface area (Å²) in [5.74, 6) is -1.25. The number of rotatable bonds is 7. The molecule has 0 amide bonds. The van der Waals surface area contributed by atoms with Crippen LogP contribution in [0, 0.1) is 17.6 Å². The smallest absolute Gasteiger partial charge is 0.162 e. The Morgan fingerprint density at radius 2 is 2.12 bits per heavy atom. The maximum Gasteiger partial charge on any atom is 0.162 e. The second kappa shape index (κ2) is 7.35. The SMILES string of the molecule is COCCNCC(C)Cc1cccc(F)c1F. The summed E-state index contributed by atoms with van der Waals surface area (Å²) in [4.78, 5) is 0. The molecular formula is C13H19F2NO. The van der Waals surface area contributed by atoms with Crippen molar-refractivity contribution in [2.45, 2.75) is 13.3 Å². The van der Waals surface area contributed by atoms with Gasteiger partial charge in [-0.1, -0.05) is 19.1 Å². The van der Waals surface area contributed by atoms with Crippen LogP contribution in [0.1, 0.15) is 12.5 Å². The van der Waals surface area contributed by atoms with Crippen LogP contribution in [0.15, 0.2) is 18.2 Å².